The quantitative estimate of drug-likeness (QED) is 0.596. The summed E-state index contributed by atoms with van der Waals surface area (Å²) in [6.07, 6.45) is 0. The van der Waals surface area contributed by atoms with Gasteiger partial charge in [0.15, 0.2) is 12.4 Å². The smallest absolute Gasteiger partial charge is 0.343 e. The molecular formula is C20H18BrNO5. The van der Waals surface area contributed by atoms with Gasteiger partial charge >= 0.3 is 5.97 Å². The van der Waals surface area contributed by atoms with E-state index in [0.717, 1.165) is 21.0 Å². The predicted octanol–water partition coefficient (Wildman–Crippen LogP) is 4.62. The van der Waals surface area contributed by atoms with Gasteiger partial charge in [-0.25, -0.2) is 4.79 Å². The number of nitrogens with one attached hydrogen (secondary N) is 1. The molecule has 0 bridgehead atoms. The molecule has 140 valence electrons. The molecule has 1 aromatic heterocycles. The first-order chi connectivity index (χ1) is 12.9. The van der Waals surface area contributed by atoms with Gasteiger partial charge in [-0.05, 0) is 55.8 Å². The third-order valence-corrected chi connectivity index (χ3v) is 4.63. The van der Waals surface area contributed by atoms with Crippen LogP contribution in [0, 0.1) is 13.8 Å². The second-order valence-electron chi connectivity index (χ2n) is 5.99. The monoisotopic (exact) mass is 431 g/mol. The van der Waals surface area contributed by atoms with Crippen molar-refractivity contribution in [2.45, 2.75) is 13.8 Å². The first-order valence-corrected chi connectivity index (χ1v) is 8.98. The number of carbonyl (C=O) groups is 2. The van der Waals surface area contributed by atoms with Crippen LogP contribution in [0.25, 0.3) is 11.0 Å². The molecule has 0 spiro atoms. The number of esters is 1. The fourth-order valence-corrected chi connectivity index (χ4v) is 3.02. The molecule has 3 aromatic rings. The second-order valence-corrected chi connectivity index (χ2v) is 6.91. The van der Waals surface area contributed by atoms with Crippen molar-refractivity contribution in [2.75, 3.05) is 19.0 Å². The average Bonchev–Trinajstić information content (AvgIpc) is 2.98. The average molecular weight is 432 g/mol. The van der Waals surface area contributed by atoms with Crippen molar-refractivity contribution in [1.82, 2.24) is 0 Å². The van der Waals surface area contributed by atoms with Gasteiger partial charge in [0.05, 0.1) is 7.11 Å². The van der Waals surface area contributed by atoms with E-state index in [4.69, 9.17) is 9.15 Å². The molecule has 7 heteroatoms. The number of amides is 1. The fourth-order valence-electron chi connectivity index (χ4n) is 2.66. The molecule has 0 aliphatic rings. The zero-order valence-corrected chi connectivity index (χ0v) is 16.7. The summed E-state index contributed by atoms with van der Waals surface area (Å²) in [4.78, 5) is 23.8. The summed E-state index contributed by atoms with van der Waals surface area (Å²) < 4.78 is 16.5. The third kappa shape index (κ3) is 4.14. The molecule has 0 saturated heterocycles. The third-order valence-electron chi connectivity index (χ3n) is 4.13. The number of rotatable bonds is 5. The Bertz CT molecular complexity index is 1020. The van der Waals surface area contributed by atoms with E-state index in [2.05, 4.69) is 26.0 Å². The van der Waals surface area contributed by atoms with E-state index in [-0.39, 0.29) is 18.3 Å². The molecule has 0 saturated carbocycles. The Morgan fingerprint density at radius 2 is 1.93 bits per heavy atom. The van der Waals surface area contributed by atoms with Gasteiger partial charge in [0.1, 0.15) is 11.3 Å². The normalized spacial score (nSPS) is 10.7. The van der Waals surface area contributed by atoms with Gasteiger partial charge in [-0.15, -0.1) is 0 Å². The van der Waals surface area contributed by atoms with E-state index in [0.29, 0.717) is 17.0 Å². The maximum Gasteiger partial charge on any atom is 0.343 e. The topological polar surface area (TPSA) is 77.8 Å². The summed E-state index contributed by atoms with van der Waals surface area (Å²) >= 11 is 3.43. The summed E-state index contributed by atoms with van der Waals surface area (Å²) in [5, 5.41) is 3.74. The van der Waals surface area contributed by atoms with E-state index in [1.807, 2.05) is 32.0 Å². The minimum absolute atomic E-state index is 0.171. The molecule has 27 heavy (non-hydrogen) atoms. The van der Waals surface area contributed by atoms with Crippen molar-refractivity contribution in [1.29, 1.82) is 0 Å². The van der Waals surface area contributed by atoms with Crippen molar-refractivity contribution >= 4 is 44.5 Å². The van der Waals surface area contributed by atoms with Gasteiger partial charge < -0.3 is 19.2 Å². The van der Waals surface area contributed by atoms with E-state index < -0.39 is 5.97 Å². The fraction of sp³-hybridized carbons (Fsp3) is 0.200. The number of ether oxygens (including phenoxy) is 2. The Morgan fingerprint density at radius 1 is 1.15 bits per heavy atom. The van der Waals surface area contributed by atoms with Crippen LogP contribution in [0.1, 0.15) is 21.7 Å². The Hall–Kier alpha value is -2.80. The summed E-state index contributed by atoms with van der Waals surface area (Å²) in [6.45, 7) is 3.52. The van der Waals surface area contributed by atoms with Crippen LogP contribution >= 0.6 is 15.9 Å². The van der Waals surface area contributed by atoms with Gasteiger partial charge in [-0.3, -0.25) is 4.79 Å². The number of methoxy groups -OCH3 is 1. The number of aryl methyl sites for hydroxylation is 2. The number of anilines is 1. The van der Waals surface area contributed by atoms with Crippen molar-refractivity contribution in [3.8, 4) is 5.75 Å². The summed E-state index contributed by atoms with van der Waals surface area (Å²) in [7, 11) is 1.30. The van der Waals surface area contributed by atoms with Gasteiger partial charge in [0.25, 0.3) is 5.91 Å². The van der Waals surface area contributed by atoms with Crippen LogP contribution in [-0.4, -0.2) is 25.6 Å². The largest absolute Gasteiger partial charge is 0.482 e. The van der Waals surface area contributed by atoms with Gasteiger partial charge in [0.2, 0.25) is 0 Å². The molecule has 6 nitrogen and oxygen atoms in total. The Morgan fingerprint density at radius 3 is 2.63 bits per heavy atom. The van der Waals surface area contributed by atoms with E-state index in [9.17, 15) is 9.59 Å². The second kappa shape index (κ2) is 7.84. The molecule has 0 fully saturated rings. The highest BCUT2D eigenvalue weighted by Crippen LogP contribution is 2.29. The Balaban J connectivity index is 1.78. The van der Waals surface area contributed by atoms with Crippen molar-refractivity contribution in [3.63, 3.8) is 0 Å². The van der Waals surface area contributed by atoms with Gasteiger partial charge in [0, 0.05) is 21.1 Å². The summed E-state index contributed by atoms with van der Waals surface area (Å²) in [5.41, 5.74) is 2.86. The zero-order chi connectivity index (χ0) is 19.6. The minimum Gasteiger partial charge on any atom is -0.482 e. The molecule has 0 aliphatic heterocycles. The van der Waals surface area contributed by atoms with Crippen molar-refractivity contribution in [3.05, 3.63) is 57.8 Å². The van der Waals surface area contributed by atoms with Crippen LogP contribution in [0.2, 0.25) is 0 Å². The first kappa shape index (κ1) is 19.0. The number of furan rings is 1. The molecule has 1 N–H and O–H groups in total. The van der Waals surface area contributed by atoms with Crippen LogP contribution < -0.4 is 10.1 Å². The molecular weight excluding hydrogens is 414 g/mol. The first-order valence-electron chi connectivity index (χ1n) is 8.19. The lowest BCUT2D eigenvalue weighted by atomic mass is 10.1. The maximum atomic E-state index is 12.7. The van der Waals surface area contributed by atoms with Crippen molar-refractivity contribution in [2.24, 2.45) is 0 Å². The predicted molar refractivity (Wildman–Crippen MR) is 105 cm³/mol. The molecule has 0 aliphatic carbocycles. The molecule has 2 aromatic carbocycles. The highest BCUT2D eigenvalue weighted by molar-refractivity contribution is 9.10. The van der Waals surface area contributed by atoms with Crippen LogP contribution in [0.3, 0.4) is 0 Å². The number of halogens is 1. The SMILES string of the molecule is COC(=O)COc1ccc(NC(=O)c2oc3ccc(Br)cc3c2C)c(C)c1. The zero-order valence-electron chi connectivity index (χ0n) is 15.1. The van der Waals surface area contributed by atoms with Crippen LogP contribution in [0.4, 0.5) is 5.69 Å². The van der Waals surface area contributed by atoms with E-state index >= 15 is 0 Å². The molecule has 0 atom stereocenters. The number of carbonyl (C=O) groups excluding carboxylic acids is 2. The number of fused-ring (bicyclic) bond motifs is 1. The Kier molecular flexibility index (Phi) is 5.51. The minimum atomic E-state index is -0.461. The molecule has 0 radical (unpaired) electrons. The van der Waals surface area contributed by atoms with Gasteiger partial charge in [-0.1, -0.05) is 15.9 Å². The van der Waals surface area contributed by atoms with E-state index in [1.54, 1.807) is 18.2 Å². The highest BCUT2D eigenvalue weighted by atomic mass is 79.9. The lowest BCUT2D eigenvalue weighted by Crippen LogP contribution is -2.14. The molecule has 1 heterocycles. The number of hydrogen-bond acceptors (Lipinski definition) is 5. The standard InChI is InChI=1S/C20H18BrNO5/c1-11-8-14(26-10-18(23)25-3)5-6-16(11)22-20(24)19-12(2)15-9-13(21)4-7-17(15)27-19/h4-9H,10H2,1-3H3,(H,22,24). The molecule has 3 rings (SSSR count). The van der Waals surface area contributed by atoms with Gasteiger partial charge in [-0.2, -0.15) is 0 Å². The lowest BCUT2D eigenvalue weighted by molar-refractivity contribution is -0.142. The van der Waals surface area contributed by atoms with Crippen LogP contribution in [-0.2, 0) is 9.53 Å². The number of hydrogen-bond donors (Lipinski definition) is 1. The van der Waals surface area contributed by atoms with Crippen LogP contribution in [0.15, 0.2) is 45.3 Å². The summed E-state index contributed by atoms with van der Waals surface area (Å²) in [5.74, 6) is -0.00244. The van der Waals surface area contributed by atoms with E-state index in [1.165, 1.54) is 7.11 Å². The van der Waals surface area contributed by atoms with Crippen molar-refractivity contribution < 1.29 is 23.5 Å². The Labute approximate surface area is 164 Å². The maximum absolute atomic E-state index is 12.7. The number of benzene rings is 2. The lowest BCUT2D eigenvalue weighted by Gasteiger charge is -2.10. The van der Waals surface area contributed by atoms with Crippen LogP contribution in [0.5, 0.6) is 5.75 Å². The highest BCUT2D eigenvalue weighted by Gasteiger charge is 2.18. The molecule has 0 unspecified atom stereocenters. The molecule has 1 amide bonds. The summed E-state index contributed by atoms with van der Waals surface area (Å²) in [6, 6.07) is 10.7.